The largest absolute Gasteiger partial charge is 0.465 e. The maximum Gasteiger partial charge on any atom is 0.404 e. The zero-order chi connectivity index (χ0) is 14.2. The van der Waals surface area contributed by atoms with Gasteiger partial charge in [0.15, 0.2) is 0 Å². The van der Waals surface area contributed by atoms with Crippen LogP contribution in [0.1, 0.15) is 29.9 Å². The van der Waals surface area contributed by atoms with E-state index in [0.717, 1.165) is 12.8 Å². The number of benzene rings is 2. The van der Waals surface area contributed by atoms with Gasteiger partial charge in [-0.3, -0.25) is 0 Å². The van der Waals surface area contributed by atoms with Crippen LogP contribution in [0.4, 0.5) is 4.79 Å². The van der Waals surface area contributed by atoms with E-state index < -0.39 is 6.09 Å². The fourth-order valence-corrected chi connectivity index (χ4v) is 2.40. The lowest BCUT2D eigenvalue weighted by atomic mass is 9.87. The molecule has 0 aliphatic rings. The maximum absolute atomic E-state index is 10.5. The number of hydrogen-bond acceptors (Lipinski definition) is 1. The van der Waals surface area contributed by atoms with Crippen LogP contribution in [0.15, 0.2) is 60.7 Å². The molecule has 0 saturated heterocycles. The first kappa shape index (κ1) is 14.1. The van der Waals surface area contributed by atoms with Crippen LogP contribution in [0.5, 0.6) is 0 Å². The van der Waals surface area contributed by atoms with Gasteiger partial charge in [0.25, 0.3) is 0 Å². The van der Waals surface area contributed by atoms with Crippen molar-refractivity contribution in [2.24, 2.45) is 0 Å². The molecule has 0 bridgehead atoms. The third-order valence-electron chi connectivity index (χ3n) is 3.35. The number of rotatable bonds is 6. The summed E-state index contributed by atoms with van der Waals surface area (Å²) in [5.74, 6) is 0.313. The van der Waals surface area contributed by atoms with Crippen molar-refractivity contribution in [3.8, 4) is 0 Å². The summed E-state index contributed by atoms with van der Waals surface area (Å²) in [6, 6.07) is 20.7. The fraction of sp³-hybridized carbons (Fsp3) is 0.235. The van der Waals surface area contributed by atoms with Gasteiger partial charge in [0.1, 0.15) is 0 Å². The van der Waals surface area contributed by atoms with Gasteiger partial charge in [-0.1, -0.05) is 60.7 Å². The first-order valence-electron chi connectivity index (χ1n) is 6.84. The number of amides is 1. The van der Waals surface area contributed by atoms with Gasteiger partial charge >= 0.3 is 6.09 Å². The Kier molecular flexibility index (Phi) is 5.18. The summed E-state index contributed by atoms with van der Waals surface area (Å²) < 4.78 is 0. The lowest BCUT2D eigenvalue weighted by molar-refractivity contribution is 0.194. The Bertz CT molecular complexity index is 486. The molecule has 0 atom stereocenters. The summed E-state index contributed by atoms with van der Waals surface area (Å²) in [6.07, 6.45) is 0.788. The summed E-state index contributed by atoms with van der Waals surface area (Å²) in [6.45, 7) is 0.492. The van der Waals surface area contributed by atoms with Crippen LogP contribution in [-0.2, 0) is 0 Å². The van der Waals surface area contributed by atoms with Crippen LogP contribution in [-0.4, -0.2) is 17.7 Å². The SMILES string of the molecule is O=C(O)NCCCC(c1ccccc1)c1ccccc1. The Labute approximate surface area is 119 Å². The van der Waals surface area contributed by atoms with Crippen LogP contribution < -0.4 is 5.32 Å². The Hall–Kier alpha value is -2.29. The molecule has 0 aliphatic carbocycles. The van der Waals surface area contributed by atoms with Crippen LogP contribution in [0.2, 0.25) is 0 Å². The number of carboxylic acid groups (broad SMARTS) is 1. The van der Waals surface area contributed by atoms with E-state index >= 15 is 0 Å². The van der Waals surface area contributed by atoms with E-state index in [1.54, 1.807) is 0 Å². The third-order valence-corrected chi connectivity index (χ3v) is 3.35. The van der Waals surface area contributed by atoms with E-state index in [1.807, 2.05) is 36.4 Å². The summed E-state index contributed by atoms with van der Waals surface area (Å²) in [7, 11) is 0. The summed E-state index contributed by atoms with van der Waals surface area (Å²) in [4.78, 5) is 10.5. The van der Waals surface area contributed by atoms with Crippen molar-refractivity contribution in [1.82, 2.24) is 5.32 Å². The molecule has 2 rings (SSSR count). The molecule has 0 saturated carbocycles. The van der Waals surface area contributed by atoms with Crippen LogP contribution in [0, 0.1) is 0 Å². The van der Waals surface area contributed by atoms with Crippen molar-refractivity contribution in [2.75, 3.05) is 6.54 Å². The molecular weight excluding hydrogens is 250 g/mol. The molecule has 104 valence electrons. The second-order valence-corrected chi connectivity index (χ2v) is 4.75. The predicted molar refractivity (Wildman–Crippen MR) is 80.0 cm³/mol. The Morgan fingerprint density at radius 3 is 1.90 bits per heavy atom. The molecule has 2 aromatic rings. The molecule has 3 nitrogen and oxygen atoms in total. The Morgan fingerprint density at radius 1 is 0.950 bits per heavy atom. The van der Waals surface area contributed by atoms with Gasteiger partial charge < -0.3 is 10.4 Å². The average Bonchev–Trinajstić information content (AvgIpc) is 2.49. The fourth-order valence-electron chi connectivity index (χ4n) is 2.40. The van der Waals surface area contributed by atoms with E-state index in [9.17, 15) is 4.79 Å². The Morgan fingerprint density at radius 2 is 1.45 bits per heavy atom. The standard InChI is InChI=1S/C17H19NO2/c19-17(20)18-13-7-12-16(14-8-3-1-4-9-14)15-10-5-2-6-11-15/h1-6,8-11,16,18H,7,12-13H2,(H,19,20). The minimum atomic E-state index is -0.957. The van der Waals surface area contributed by atoms with Crippen molar-refractivity contribution in [3.05, 3.63) is 71.8 Å². The molecule has 1 amide bonds. The highest BCUT2D eigenvalue weighted by molar-refractivity contribution is 5.64. The van der Waals surface area contributed by atoms with Crippen molar-refractivity contribution in [2.45, 2.75) is 18.8 Å². The van der Waals surface area contributed by atoms with Gasteiger partial charge in [-0.05, 0) is 24.0 Å². The highest BCUT2D eigenvalue weighted by atomic mass is 16.4. The van der Waals surface area contributed by atoms with E-state index in [-0.39, 0.29) is 0 Å². The zero-order valence-corrected chi connectivity index (χ0v) is 11.3. The molecule has 0 heterocycles. The monoisotopic (exact) mass is 269 g/mol. The van der Waals surface area contributed by atoms with Crippen molar-refractivity contribution >= 4 is 6.09 Å². The van der Waals surface area contributed by atoms with Gasteiger partial charge in [-0.25, -0.2) is 4.79 Å². The van der Waals surface area contributed by atoms with Crippen LogP contribution >= 0.6 is 0 Å². The van der Waals surface area contributed by atoms with Gasteiger partial charge in [-0.15, -0.1) is 0 Å². The van der Waals surface area contributed by atoms with Crippen molar-refractivity contribution in [1.29, 1.82) is 0 Å². The summed E-state index contributed by atoms with van der Waals surface area (Å²) >= 11 is 0. The van der Waals surface area contributed by atoms with Gasteiger partial charge in [0.2, 0.25) is 0 Å². The molecule has 0 aliphatic heterocycles. The highest BCUT2D eigenvalue weighted by Crippen LogP contribution is 2.28. The molecule has 0 spiro atoms. The topological polar surface area (TPSA) is 49.3 Å². The quantitative estimate of drug-likeness (QED) is 0.782. The maximum atomic E-state index is 10.5. The number of hydrogen-bond donors (Lipinski definition) is 2. The minimum Gasteiger partial charge on any atom is -0.465 e. The van der Waals surface area contributed by atoms with Gasteiger partial charge in [0, 0.05) is 12.5 Å². The molecule has 3 heteroatoms. The lowest BCUT2D eigenvalue weighted by Crippen LogP contribution is -2.22. The molecule has 20 heavy (non-hydrogen) atoms. The highest BCUT2D eigenvalue weighted by Gasteiger charge is 2.13. The second kappa shape index (κ2) is 7.34. The molecule has 0 radical (unpaired) electrons. The number of nitrogens with one attached hydrogen (secondary N) is 1. The molecule has 0 unspecified atom stereocenters. The van der Waals surface area contributed by atoms with Gasteiger partial charge in [0.05, 0.1) is 0 Å². The van der Waals surface area contributed by atoms with E-state index in [2.05, 4.69) is 29.6 Å². The summed E-state index contributed by atoms with van der Waals surface area (Å²) in [5.41, 5.74) is 2.54. The van der Waals surface area contributed by atoms with E-state index in [1.165, 1.54) is 11.1 Å². The first-order valence-corrected chi connectivity index (χ1v) is 6.84. The first-order chi connectivity index (χ1) is 9.77. The Balaban J connectivity index is 2.07. The van der Waals surface area contributed by atoms with E-state index in [4.69, 9.17) is 5.11 Å². The van der Waals surface area contributed by atoms with Crippen molar-refractivity contribution < 1.29 is 9.90 Å². The average molecular weight is 269 g/mol. The molecule has 0 fully saturated rings. The lowest BCUT2D eigenvalue weighted by Gasteiger charge is -2.18. The predicted octanol–water partition coefficient (Wildman–Crippen LogP) is 3.87. The molecule has 2 aromatic carbocycles. The summed E-state index contributed by atoms with van der Waals surface area (Å²) in [5, 5.41) is 11.0. The normalized spacial score (nSPS) is 10.4. The van der Waals surface area contributed by atoms with Crippen LogP contribution in [0.25, 0.3) is 0 Å². The van der Waals surface area contributed by atoms with Crippen LogP contribution in [0.3, 0.4) is 0 Å². The third kappa shape index (κ3) is 4.12. The second-order valence-electron chi connectivity index (χ2n) is 4.75. The minimum absolute atomic E-state index is 0.313. The molecule has 2 N–H and O–H groups in total. The zero-order valence-electron chi connectivity index (χ0n) is 11.3. The molecule has 0 aromatic heterocycles. The van der Waals surface area contributed by atoms with E-state index in [0.29, 0.717) is 12.5 Å². The molecular formula is C17H19NO2. The van der Waals surface area contributed by atoms with Gasteiger partial charge in [-0.2, -0.15) is 0 Å². The van der Waals surface area contributed by atoms with Crippen molar-refractivity contribution in [3.63, 3.8) is 0 Å². The number of carbonyl (C=O) groups is 1. The smallest absolute Gasteiger partial charge is 0.404 e.